The number of hydrogen-bond acceptors (Lipinski definition) is 7. The van der Waals surface area contributed by atoms with E-state index in [4.69, 9.17) is 14.3 Å². The van der Waals surface area contributed by atoms with Crippen molar-refractivity contribution in [3.63, 3.8) is 0 Å². The highest BCUT2D eigenvalue weighted by atomic mass is 32.2. The summed E-state index contributed by atoms with van der Waals surface area (Å²) in [5, 5.41) is 10.2. The summed E-state index contributed by atoms with van der Waals surface area (Å²) >= 11 is 0. The number of nitrogens with one attached hydrogen (secondary N) is 2. The van der Waals surface area contributed by atoms with Crippen molar-refractivity contribution < 1.29 is 32.0 Å². The molecular formula is C22H21N3O7S. The number of carbonyl (C=O) groups excluding carboxylic acids is 3. The topological polar surface area (TPSA) is 158 Å². The van der Waals surface area contributed by atoms with Gasteiger partial charge in [0.15, 0.2) is 11.9 Å². The van der Waals surface area contributed by atoms with E-state index in [-0.39, 0.29) is 16.2 Å². The molecule has 33 heavy (non-hydrogen) atoms. The van der Waals surface area contributed by atoms with Gasteiger partial charge in [-0.05, 0) is 67.9 Å². The van der Waals surface area contributed by atoms with Crippen LogP contribution in [0.1, 0.15) is 33.4 Å². The van der Waals surface area contributed by atoms with Gasteiger partial charge in [0.25, 0.3) is 11.8 Å². The molecule has 3 rings (SSSR count). The van der Waals surface area contributed by atoms with E-state index in [9.17, 15) is 22.8 Å². The molecule has 0 radical (unpaired) electrons. The van der Waals surface area contributed by atoms with Crippen molar-refractivity contribution in [2.45, 2.75) is 24.8 Å². The standard InChI is InChI=1S/C22H21N3O7S/c1-13-5-6-15(12-18(13)25-21(27)19-4-3-11-31-19)22(28)32-14(2)20(26)24-16-7-9-17(10-8-16)33(23,29)30/h3-12,14H,1-2H3,(H,24,26)(H,25,27)(H2,23,29,30). The zero-order valence-corrected chi connectivity index (χ0v) is 18.5. The molecule has 2 aromatic carbocycles. The quantitative estimate of drug-likeness (QED) is 0.447. The van der Waals surface area contributed by atoms with Crippen molar-refractivity contribution in [2.24, 2.45) is 5.14 Å². The van der Waals surface area contributed by atoms with Crippen LogP contribution in [0, 0.1) is 6.92 Å². The molecular weight excluding hydrogens is 450 g/mol. The number of amides is 2. The van der Waals surface area contributed by atoms with E-state index < -0.39 is 33.9 Å². The SMILES string of the molecule is Cc1ccc(C(=O)OC(C)C(=O)Nc2ccc(S(N)(=O)=O)cc2)cc1NC(=O)c1ccco1. The molecule has 1 atom stereocenters. The molecule has 0 fully saturated rings. The lowest BCUT2D eigenvalue weighted by atomic mass is 10.1. The Labute approximate surface area is 189 Å². The smallest absolute Gasteiger partial charge is 0.338 e. The Morgan fingerprint density at radius 1 is 1.03 bits per heavy atom. The third kappa shape index (κ3) is 6.05. The molecule has 2 amide bonds. The molecule has 0 aliphatic heterocycles. The third-order valence-corrected chi connectivity index (χ3v) is 5.50. The molecule has 10 nitrogen and oxygen atoms in total. The van der Waals surface area contributed by atoms with E-state index in [1.54, 1.807) is 19.1 Å². The molecule has 0 aliphatic carbocycles. The molecule has 0 aliphatic rings. The molecule has 1 heterocycles. The van der Waals surface area contributed by atoms with Crippen molar-refractivity contribution in [3.8, 4) is 0 Å². The number of aryl methyl sites for hydroxylation is 1. The number of primary sulfonamides is 1. The van der Waals surface area contributed by atoms with Crippen molar-refractivity contribution in [3.05, 3.63) is 77.7 Å². The molecule has 1 unspecified atom stereocenters. The van der Waals surface area contributed by atoms with E-state index in [1.165, 1.54) is 55.7 Å². The van der Waals surface area contributed by atoms with Crippen LogP contribution in [0.25, 0.3) is 0 Å². The fourth-order valence-corrected chi connectivity index (χ4v) is 3.24. The van der Waals surface area contributed by atoms with Crippen LogP contribution in [0.3, 0.4) is 0 Å². The first-order valence-corrected chi connectivity index (χ1v) is 11.2. The molecule has 0 bridgehead atoms. The number of anilines is 2. The minimum atomic E-state index is -3.85. The number of benzene rings is 2. The predicted octanol–water partition coefficient (Wildman–Crippen LogP) is 2.67. The monoisotopic (exact) mass is 471 g/mol. The van der Waals surface area contributed by atoms with Gasteiger partial charge in [0.1, 0.15) is 0 Å². The first-order chi connectivity index (χ1) is 15.5. The molecule has 0 spiro atoms. The second-order valence-electron chi connectivity index (χ2n) is 7.07. The van der Waals surface area contributed by atoms with E-state index in [0.717, 1.165) is 0 Å². The maximum Gasteiger partial charge on any atom is 0.338 e. The Morgan fingerprint density at radius 2 is 1.73 bits per heavy atom. The van der Waals surface area contributed by atoms with Gasteiger partial charge in [-0.1, -0.05) is 6.07 Å². The maximum absolute atomic E-state index is 12.5. The normalized spacial score (nSPS) is 12.0. The summed E-state index contributed by atoms with van der Waals surface area (Å²) in [5.74, 6) is -1.75. The first-order valence-electron chi connectivity index (χ1n) is 9.65. The fraction of sp³-hybridized carbons (Fsp3) is 0.136. The molecule has 3 aromatic rings. The minimum absolute atomic E-state index is 0.103. The molecule has 1 aromatic heterocycles. The van der Waals surface area contributed by atoms with Crippen LogP contribution in [0.15, 0.2) is 70.2 Å². The first kappa shape index (κ1) is 23.7. The highest BCUT2D eigenvalue weighted by molar-refractivity contribution is 7.89. The van der Waals surface area contributed by atoms with Crippen molar-refractivity contribution in [1.29, 1.82) is 0 Å². The lowest BCUT2D eigenvalue weighted by Gasteiger charge is -2.15. The van der Waals surface area contributed by atoms with Crippen LogP contribution < -0.4 is 15.8 Å². The Balaban J connectivity index is 1.64. The van der Waals surface area contributed by atoms with Gasteiger partial charge in [0.05, 0.1) is 16.7 Å². The van der Waals surface area contributed by atoms with Crippen LogP contribution in [0.5, 0.6) is 0 Å². The van der Waals surface area contributed by atoms with Gasteiger partial charge in [0, 0.05) is 11.4 Å². The summed E-state index contributed by atoms with van der Waals surface area (Å²) in [4.78, 5) is 37.0. The number of carbonyl (C=O) groups is 3. The van der Waals surface area contributed by atoms with Crippen molar-refractivity contribution in [2.75, 3.05) is 10.6 Å². The number of ether oxygens (including phenoxy) is 1. The fourth-order valence-electron chi connectivity index (χ4n) is 2.73. The summed E-state index contributed by atoms with van der Waals surface area (Å²) in [7, 11) is -3.85. The Hall–Kier alpha value is -3.96. The molecule has 0 saturated heterocycles. The summed E-state index contributed by atoms with van der Waals surface area (Å²) in [6.45, 7) is 3.14. The number of esters is 1. The average Bonchev–Trinajstić information content (AvgIpc) is 3.30. The van der Waals surface area contributed by atoms with Crippen LogP contribution in [-0.4, -0.2) is 32.3 Å². The Bertz CT molecular complexity index is 1280. The van der Waals surface area contributed by atoms with E-state index in [1.807, 2.05) is 0 Å². The summed E-state index contributed by atoms with van der Waals surface area (Å²) in [5.41, 5.74) is 1.53. The van der Waals surface area contributed by atoms with Crippen LogP contribution in [0.4, 0.5) is 11.4 Å². The van der Waals surface area contributed by atoms with Crippen LogP contribution in [0.2, 0.25) is 0 Å². The van der Waals surface area contributed by atoms with Crippen LogP contribution in [-0.2, 0) is 19.6 Å². The summed E-state index contributed by atoms with van der Waals surface area (Å²) in [6, 6.07) is 12.9. The number of hydrogen-bond donors (Lipinski definition) is 3. The van der Waals surface area contributed by atoms with Crippen molar-refractivity contribution in [1.82, 2.24) is 0 Å². The lowest BCUT2D eigenvalue weighted by Crippen LogP contribution is -2.30. The van der Waals surface area contributed by atoms with Crippen molar-refractivity contribution >= 4 is 39.2 Å². The Kier molecular flexibility index (Phi) is 6.95. The summed E-state index contributed by atoms with van der Waals surface area (Å²) < 4.78 is 32.9. The van der Waals surface area contributed by atoms with Gasteiger partial charge in [-0.25, -0.2) is 18.4 Å². The highest BCUT2D eigenvalue weighted by Crippen LogP contribution is 2.20. The van der Waals surface area contributed by atoms with Crippen LogP contribution >= 0.6 is 0 Å². The zero-order chi connectivity index (χ0) is 24.2. The number of furan rings is 1. The van der Waals surface area contributed by atoms with Gasteiger partial charge < -0.3 is 19.8 Å². The molecule has 172 valence electrons. The zero-order valence-electron chi connectivity index (χ0n) is 17.7. The predicted molar refractivity (Wildman–Crippen MR) is 119 cm³/mol. The van der Waals surface area contributed by atoms with E-state index in [2.05, 4.69) is 10.6 Å². The Morgan fingerprint density at radius 3 is 2.33 bits per heavy atom. The summed E-state index contributed by atoms with van der Waals surface area (Å²) in [6.07, 6.45) is 0.217. The highest BCUT2D eigenvalue weighted by Gasteiger charge is 2.20. The van der Waals surface area contributed by atoms with Gasteiger partial charge in [-0.15, -0.1) is 0 Å². The largest absolute Gasteiger partial charge is 0.459 e. The number of rotatable bonds is 7. The molecule has 4 N–H and O–H groups in total. The molecule has 0 saturated carbocycles. The van der Waals surface area contributed by atoms with Gasteiger partial charge in [-0.3, -0.25) is 9.59 Å². The third-order valence-electron chi connectivity index (χ3n) is 4.57. The number of nitrogens with two attached hydrogens (primary N) is 1. The number of sulfonamides is 1. The van der Waals surface area contributed by atoms with E-state index in [0.29, 0.717) is 16.9 Å². The van der Waals surface area contributed by atoms with Gasteiger partial charge in [0.2, 0.25) is 10.0 Å². The lowest BCUT2D eigenvalue weighted by molar-refractivity contribution is -0.123. The van der Waals surface area contributed by atoms with Gasteiger partial charge in [-0.2, -0.15) is 0 Å². The second-order valence-corrected chi connectivity index (χ2v) is 8.63. The second kappa shape index (κ2) is 9.67. The maximum atomic E-state index is 12.5. The van der Waals surface area contributed by atoms with Gasteiger partial charge >= 0.3 is 5.97 Å². The minimum Gasteiger partial charge on any atom is -0.459 e. The molecule has 11 heteroatoms. The van der Waals surface area contributed by atoms with E-state index >= 15 is 0 Å². The average molecular weight is 471 g/mol.